The van der Waals surface area contributed by atoms with E-state index in [1.54, 1.807) is 6.07 Å². The van der Waals surface area contributed by atoms with Crippen LogP contribution in [-0.2, 0) is 5.88 Å². The van der Waals surface area contributed by atoms with Crippen molar-refractivity contribution < 1.29 is 4.74 Å². The van der Waals surface area contributed by atoms with E-state index >= 15 is 0 Å². The van der Waals surface area contributed by atoms with Crippen LogP contribution in [0.4, 0.5) is 0 Å². The van der Waals surface area contributed by atoms with Crippen molar-refractivity contribution in [3.63, 3.8) is 0 Å². The molecule has 0 aliphatic heterocycles. The largest absolute Gasteiger partial charge is 0.455 e. The molecule has 1 nitrogen and oxygen atoms in total. The summed E-state index contributed by atoms with van der Waals surface area (Å²) in [6.07, 6.45) is 0. The van der Waals surface area contributed by atoms with Crippen molar-refractivity contribution in [2.75, 3.05) is 0 Å². The Hall–Kier alpha value is -0.700. The summed E-state index contributed by atoms with van der Waals surface area (Å²) < 4.78 is 6.57. The zero-order chi connectivity index (χ0) is 12.3. The normalized spacial score (nSPS) is 10.3. The Morgan fingerprint density at radius 3 is 2.47 bits per heavy atom. The Kier molecular flexibility index (Phi) is 4.32. The predicted octanol–water partition coefficient (Wildman–Crippen LogP) is 5.63. The fourth-order valence-electron chi connectivity index (χ4n) is 1.36. The van der Waals surface area contributed by atoms with Crippen LogP contribution in [0, 0.1) is 0 Å². The van der Waals surface area contributed by atoms with E-state index in [1.165, 1.54) is 0 Å². The SMILES string of the molecule is ClCc1ccc(Oc2ccccc2Cl)c(Br)c1. The molecule has 4 heteroatoms. The topological polar surface area (TPSA) is 9.23 Å². The molecule has 17 heavy (non-hydrogen) atoms. The number of rotatable bonds is 3. The van der Waals surface area contributed by atoms with Gasteiger partial charge in [-0.3, -0.25) is 0 Å². The van der Waals surface area contributed by atoms with Gasteiger partial charge in [-0.2, -0.15) is 0 Å². The summed E-state index contributed by atoms with van der Waals surface area (Å²) >= 11 is 15.2. The van der Waals surface area contributed by atoms with E-state index in [-0.39, 0.29) is 0 Å². The second-order valence-corrected chi connectivity index (χ2v) is 4.96. The van der Waals surface area contributed by atoms with Crippen molar-refractivity contribution in [3.8, 4) is 11.5 Å². The monoisotopic (exact) mass is 330 g/mol. The lowest BCUT2D eigenvalue weighted by molar-refractivity contribution is 0.479. The quantitative estimate of drug-likeness (QED) is 0.662. The molecule has 0 amide bonds. The molecule has 0 saturated carbocycles. The zero-order valence-corrected chi connectivity index (χ0v) is 11.9. The van der Waals surface area contributed by atoms with Crippen LogP contribution < -0.4 is 4.74 Å². The first-order chi connectivity index (χ1) is 8.20. The first-order valence-corrected chi connectivity index (χ1v) is 6.68. The number of halogens is 3. The first kappa shape index (κ1) is 12.7. The Balaban J connectivity index is 2.28. The van der Waals surface area contributed by atoms with Gasteiger partial charge in [-0.15, -0.1) is 11.6 Å². The molecule has 0 radical (unpaired) electrons. The van der Waals surface area contributed by atoms with Crippen LogP contribution in [0.15, 0.2) is 46.9 Å². The van der Waals surface area contributed by atoms with E-state index in [2.05, 4.69) is 15.9 Å². The number of hydrogen-bond acceptors (Lipinski definition) is 1. The highest BCUT2D eigenvalue weighted by Gasteiger charge is 2.06. The van der Waals surface area contributed by atoms with Gasteiger partial charge in [-0.05, 0) is 45.8 Å². The second-order valence-electron chi connectivity index (χ2n) is 3.43. The third-order valence-corrected chi connectivity index (χ3v) is 3.45. The molecule has 2 aromatic rings. The van der Waals surface area contributed by atoms with Crippen molar-refractivity contribution in [2.45, 2.75) is 5.88 Å². The summed E-state index contributed by atoms with van der Waals surface area (Å²) in [5.41, 5.74) is 1.03. The van der Waals surface area contributed by atoms with E-state index in [0.717, 1.165) is 10.0 Å². The Labute approximate surface area is 118 Å². The van der Waals surface area contributed by atoms with Gasteiger partial charge < -0.3 is 4.74 Å². The van der Waals surface area contributed by atoms with Crippen LogP contribution in [-0.4, -0.2) is 0 Å². The lowest BCUT2D eigenvalue weighted by atomic mass is 10.2. The van der Waals surface area contributed by atoms with Gasteiger partial charge in [0.1, 0.15) is 11.5 Å². The van der Waals surface area contributed by atoms with Crippen molar-refractivity contribution in [1.82, 2.24) is 0 Å². The minimum atomic E-state index is 0.477. The molecule has 0 saturated heterocycles. The third-order valence-electron chi connectivity index (χ3n) is 2.21. The molecule has 2 rings (SSSR count). The van der Waals surface area contributed by atoms with Crippen LogP contribution in [0.25, 0.3) is 0 Å². The molecule has 0 unspecified atom stereocenters. The van der Waals surface area contributed by atoms with Crippen LogP contribution in [0.2, 0.25) is 5.02 Å². The summed E-state index contributed by atoms with van der Waals surface area (Å²) in [4.78, 5) is 0. The van der Waals surface area contributed by atoms with Crippen LogP contribution >= 0.6 is 39.1 Å². The Bertz CT molecular complexity index is 529. The molecular formula is C13H9BrCl2O. The summed E-state index contributed by atoms with van der Waals surface area (Å²) in [5, 5.41) is 0.584. The molecule has 0 aliphatic rings. The Morgan fingerprint density at radius 2 is 1.82 bits per heavy atom. The highest BCUT2D eigenvalue weighted by molar-refractivity contribution is 9.10. The Morgan fingerprint density at radius 1 is 1.06 bits per heavy atom. The van der Waals surface area contributed by atoms with Gasteiger partial charge in [0.15, 0.2) is 0 Å². The third kappa shape index (κ3) is 3.15. The van der Waals surface area contributed by atoms with E-state index in [4.69, 9.17) is 27.9 Å². The number of benzene rings is 2. The van der Waals surface area contributed by atoms with Crippen LogP contribution in [0.3, 0.4) is 0 Å². The molecule has 0 aromatic heterocycles. The predicted molar refractivity (Wildman–Crippen MR) is 75.2 cm³/mol. The lowest BCUT2D eigenvalue weighted by Crippen LogP contribution is -1.87. The van der Waals surface area contributed by atoms with Crippen molar-refractivity contribution in [2.24, 2.45) is 0 Å². The molecule has 0 aliphatic carbocycles. The molecule has 88 valence electrons. The minimum absolute atomic E-state index is 0.477. The van der Waals surface area contributed by atoms with Gasteiger partial charge >= 0.3 is 0 Å². The standard InChI is InChI=1S/C13H9BrCl2O/c14-10-7-9(8-15)5-6-12(10)17-13-4-2-1-3-11(13)16/h1-7H,8H2. The lowest BCUT2D eigenvalue weighted by Gasteiger charge is -2.09. The van der Waals surface area contributed by atoms with E-state index in [9.17, 15) is 0 Å². The van der Waals surface area contributed by atoms with E-state index < -0.39 is 0 Å². The summed E-state index contributed by atoms with van der Waals surface area (Å²) in [6.45, 7) is 0. The molecule has 2 aromatic carbocycles. The second kappa shape index (κ2) is 5.76. The van der Waals surface area contributed by atoms with Crippen molar-refractivity contribution in [3.05, 3.63) is 57.5 Å². The average Bonchev–Trinajstić information content (AvgIpc) is 2.34. The molecule has 0 heterocycles. The van der Waals surface area contributed by atoms with Crippen LogP contribution in [0.5, 0.6) is 11.5 Å². The number of alkyl halides is 1. The highest BCUT2D eigenvalue weighted by Crippen LogP contribution is 2.34. The van der Waals surface area contributed by atoms with Gasteiger partial charge in [-0.1, -0.05) is 29.8 Å². The van der Waals surface area contributed by atoms with E-state index in [0.29, 0.717) is 22.4 Å². The highest BCUT2D eigenvalue weighted by atomic mass is 79.9. The average molecular weight is 332 g/mol. The summed E-state index contributed by atoms with van der Waals surface area (Å²) in [7, 11) is 0. The van der Waals surface area contributed by atoms with Crippen molar-refractivity contribution in [1.29, 1.82) is 0 Å². The fraction of sp³-hybridized carbons (Fsp3) is 0.0769. The maximum absolute atomic E-state index is 6.02. The fourth-order valence-corrected chi connectivity index (χ4v) is 2.20. The van der Waals surface area contributed by atoms with Gasteiger partial charge in [0, 0.05) is 5.88 Å². The van der Waals surface area contributed by atoms with Gasteiger partial charge in [0.2, 0.25) is 0 Å². The minimum Gasteiger partial charge on any atom is -0.455 e. The first-order valence-electron chi connectivity index (χ1n) is 4.97. The van der Waals surface area contributed by atoms with Crippen molar-refractivity contribution >= 4 is 39.1 Å². The smallest absolute Gasteiger partial charge is 0.146 e. The van der Waals surface area contributed by atoms with Gasteiger partial charge in [-0.25, -0.2) is 0 Å². The number of para-hydroxylation sites is 1. The summed E-state index contributed by atoms with van der Waals surface area (Å²) in [6, 6.07) is 13.1. The number of ether oxygens (including phenoxy) is 1. The maximum atomic E-state index is 6.02. The molecule has 0 bridgehead atoms. The zero-order valence-electron chi connectivity index (χ0n) is 8.79. The molecule has 0 N–H and O–H groups in total. The molecule has 0 spiro atoms. The molecule has 0 atom stereocenters. The maximum Gasteiger partial charge on any atom is 0.146 e. The molecule has 0 fully saturated rings. The molecular weight excluding hydrogens is 323 g/mol. The van der Waals surface area contributed by atoms with E-state index in [1.807, 2.05) is 36.4 Å². The van der Waals surface area contributed by atoms with Gasteiger partial charge in [0.25, 0.3) is 0 Å². The number of hydrogen-bond donors (Lipinski definition) is 0. The van der Waals surface area contributed by atoms with Crippen LogP contribution in [0.1, 0.15) is 5.56 Å². The summed E-state index contributed by atoms with van der Waals surface area (Å²) in [5.74, 6) is 1.82. The van der Waals surface area contributed by atoms with Gasteiger partial charge in [0.05, 0.1) is 9.50 Å².